The van der Waals surface area contributed by atoms with E-state index in [0.717, 1.165) is 11.8 Å². The third kappa shape index (κ3) is 4.41. The summed E-state index contributed by atoms with van der Waals surface area (Å²) in [4.78, 5) is 0. The quantitative estimate of drug-likeness (QED) is 0.491. The van der Waals surface area contributed by atoms with Crippen molar-refractivity contribution in [1.82, 2.24) is 0 Å². The van der Waals surface area contributed by atoms with Crippen LogP contribution in [-0.4, -0.2) is 0 Å². The summed E-state index contributed by atoms with van der Waals surface area (Å²) < 4.78 is 0. The van der Waals surface area contributed by atoms with Crippen molar-refractivity contribution in [2.75, 3.05) is 0 Å². The average molecular weight is 323 g/mol. The Morgan fingerprint density at radius 3 is 2.25 bits per heavy atom. The summed E-state index contributed by atoms with van der Waals surface area (Å²) in [5.74, 6) is 1.80. The van der Waals surface area contributed by atoms with Crippen molar-refractivity contribution in [3.8, 4) is 0 Å². The van der Waals surface area contributed by atoms with E-state index in [2.05, 4.69) is 50.2 Å². The van der Waals surface area contributed by atoms with E-state index in [1.165, 1.54) is 80.5 Å². The molecule has 0 spiro atoms. The first-order valence-electron chi connectivity index (χ1n) is 10.3. The van der Waals surface area contributed by atoms with Gasteiger partial charge in [-0.3, -0.25) is 0 Å². The Kier molecular flexibility index (Phi) is 6.35. The highest BCUT2D eigenvalue weighted by Crippen LogP contribution is 2.38. The molecule has 0 bridgehead atoms. The van der Waals surface area contributed by atoms with Crippen LogP contribution in [0.3, 0.4) is 0 Å². The monoisotopic (exact) mass is 322 g/mol. The van der Waals surface area contributed by atoms with Gasteiger partial charge in [0.05, 0.1) is 0 Å². The van der Waals surface area contributed by atoms with Gasteiger partial charge >= 0.3 is 0 Å². The normalized spacial score (nSPS) is 21.2. The topological polar surface area (TPSA) is 0 Å². The Morgan fingerprint density at radius 2 is 1.50 bits per heavy atom. The van der Waals surface area contributed by atoms with Crippen molar-refractivity contribution in [1.29, 1.82) is 0 Å². The lowest BCUT2D eigenvalue weighted by atomic mass is 9.77. The van der Waals surface area contributed by atoms with Gasteiger partial charge in [0.2, 0.25) is 0 Å². The molecule has 0 heterocycles. The zero-order chi connectivity index (χ0) is 16.8. The van der Waals surface area contributed by atoms with Crippen molar-refractivity contribution in [2.45, 2.75) is 84.0 Å². The summed E-state index contributed by atoms with van der Waals surface area (Å²) in [6.07, 6.45) is 13.7. The summed E-state index contributed by atoms with van der Waals surface area (Å²) >= 11 is 0. The first kappa shape index (κ1) is 17.5. The van der Waals surface area contributed by atoms with Crippen LogP contribution in [0, 0.1) is 5.92 Å². The number of hydrogen-bond donors (Lipinski definition) is 0. The fraction of sp³-hybridized carbons (Fsp3) is 0.583. The SMILES string of the molecule is CCCCc1ccc2cc([C@H]3CC[C@H](CCCC)CC3)ccc2c1. The number of benzene rings is 2. The summed E-state index contributed by atoms with van der Waals surface area (Å²) in [6, 6.07) is 14.3. The Labute approximate surface area is 148 Å². The lowest BCUT2D eigenvalue weighted by Crippen LogP contribution is -2.13. The second-order valence-corrected chi connectivity index (χ2v) is 7.90. The molecule has 0 heteroatoms. The molecule has 24 heavy (non-hydrogen) atoms. The maximum absolute atomic E-state index is 2.47. The van der Waals surface area contributed by atoms with Gasteiger partial charge in [-0.15, -0.1) is 0 Å². The van der Waals surface area contributed by atoms with Crippen LogP contribution in [0.15, 0.2) is 36.4 Å². The Morgan fingerprint density at radius 1 is 0.792 bits per heavy atom. The second kappa shape index (κ2) is 8.70. The van der Waals surface area contributed by atoms with Crippen molar-refractivity contribution in [2.24, 2.45) is 5.92 Å². The molecular weight excluding hydrogens is 288 g/mol. The zero-order valence-corrected chi connectivity index (χ0v) is 15.7. The van der Waals surface area contributed by atoms with Crippen LogP contribution in [-0.2, 0) is 6.42 Å². The van der Waals surface area contributed by atoms with Crippen LogP contribution in [0.1, 0.15) is 88.7 Å². The molecule has 0 nitrogen and oxygen atoms in total. The maximum atomic E-state index is 2.47. The van der Waals surface area contributed by atoms with E-state index in [1.54, 1.807) is 5.56 Å². The van der Waals surface area contributed by atoms with Gasteiger partial charge in [-0.25, -0.2) is 0 Å². The van der Waals surface area contributed by atoms with Crippen LogP contribution in [0.5, 0.6) is 0 Å². The van der Waals surface area contributed by atoms with Crippen LogP contribution in [0.2, 0.25) is 0 Å². The van der Waals surface area contributed by atoms with Gasteiger partial charge in [0.1, 0.15) is 0 Å². The molecule has 0 aromatic heterocycles. The van der Waals surface area contributed by atoms with Gasteiger partial charge in [-0.2, -0.15) is 0 Å². The molecule has 1 fully saturated rings. The minimum Gasteiger partial charge on any atom is -0.0654 e. The molecule has 130 valence electrons. The lowest BCUT2D eigenvalue weighted by molar-refractivity contribution is 0.304. The van der Waals surface area contributed by atoms with Crippen molar-refractivity contribution in [3.63, 3.8) is 0 Å². The molecule has 0 amide bonds. The molecule has 1 aliphatic rings. The van der Waals surface area contributed by atoms with Crippen molar-refractivity contribution >= 4 is 10.8 Å². The van der Waals surface area contributed by atoms with Crippen LogP contribution >= 0.6 is 0 Å². The molecule has 0 unspecified atom stereocenters. The van der Waals surface area contributed by atoms with Gasteiger partial charge in [0.25, 0.3) is 0 Å². The van der Waals surface area contributed by atoms with Crippen molar-refractivity contribution in [3.05, 3.63) is 47.5 Å². The van der Waals surface area contributed by atoms with Gasteiger partial charge in [-0.05, 0) is 72.3 Å². The number of hydrogen-bond acceptors (Lipinski definition) is 0. The van der Waals surface area contributed by atoms with E-state index in [-0.39, 0.29) is 0 Å². The van der Waals surface area contributed by atoms with Crippen LogP contribution in [0.25, 0.3) is 10.8 Å². The van der Waals surface area contributed by atoms with Gasteiger partial charge in [-0.1, -0.05) is 75.9 Å². The fourth-order valence-electron chi connectivity index (χ4n) is 4.38. The standard InChI is InChI=1S/C24H34/c1-3-5-7-19-9-12-21(13-10-19)23-16-15-22-17-20(8-6-4-2)11-14-24(22)18-23/h11,14-19,21H,3-10,12-13H2,1-2H3/t19-,21-. The molecule has 0 atom stereocenters. The first-order valence-corrected chi connectivity index (χ1v) is 10.3. The molecule has 1 saturated carbocycles. The van der Waals surface area contributed by atoms with E-state index in [0.29, 0.717) is 0 Å². The van der Waals surface area contributed by atoms with Gasteiger partial charge in [0.15, 0.2) is 0 Å². The Bertz CT molecular complexity index is 632. The molecule has 1 aliphatic carbocycles. The van der Waals surface area contributed by atoms with Gasteiger partial charge in [0, 0.05) is 0 Å². The molecule has 0 radical (unpaired) electrons. The summed E-state index contributed by atoms with van der Waals surface area (Å²) in [7, 11) is 0. The predicted molar refractivity (Wildman–Crippen MR) is 107 cm³/mol. The van der Waals surface area contributed by atoms with E-state index in [4.69, 9.17) is 0 Å². The average Bonchev–Trinajstić information content (AvgIpc) is 2.64. The van der Waals surface area contributed by atoms with E-state index in [1.807, 2.05) is 0 Å². The zero-order valence-electron chi connectivity index (χ0n) is 15.7. The second-order valence-electron chi connectivity index (χ2n) is 7.90. The summed E-state index contributed by atoms with van der Waals surface area (Å²) in [5.41, 5.74) is 3.08. The molecule has 2 aromatic rings. The molecule has 2 aromatic carbocycles. The lowest BCUT2D eigenvalue weighted by Gasteiger charge is -2.29. The highest BCUT2D eigenvalue weighted by atomic mass is 14.3. The van der Waals surface area contributed by atoms with Crippen molar-refractivity contribution < 1.29 is 0 Å². The number of rotatable bonds is 7. The minimum absolute atomic E-state index is 0.798. The number of aryl methyl sites for hydroxylation is 1. The maximum Gasteiger partial charge on any atom is -0.0162 e. The summed E-state index contributed by atoms with van der Waals surface area (Å²) in [5, 5.41) is 2.85. The minimum atomic E-state index is 0.798. The van der Waals surface area contributed by atoms with E-state index in [9.17, 15) is 0 Å². The number of fused-ring (bicyclic) bond motifs is 1. The third-order valence-corrected chi connectivity index (χ3v) is 6.03. The van der Waals surface area contributed by atoms with E-state index >= 15 is 0 Å². The molecular formula is C24H34. The smallest absolute Gasteiger partial charge is 0.0162 e. The van der Waals surface area contributed by atoms with E-state index < -0.39 is 0 Å². The Hall–Kier alpha value is -1.30. The van der Waals surface area contributed by atoms with Crippen LogP contribution in [0.4, 0.5) is 0 Å². The largest absolute Gasteiger partial charge is 0.0654 e. The van der Waals surface area contributed by atoms with Crippen LogP contribution < -0.4 is 0 Å². The Balaban J connectivity index is 1.65. The fourth-order valence-corrected chi connectivity index (χ4v) is 4.38. The third-order valence-electron chi connectivity index (χ3n) is 6.03. The highest BCUT2D eigenvalue weighted by Gasteiger charge is 2.22. The number of unbranched alkanes of at least 4 members (excludes halogenated alkanes) is 2. The predicted octanol–water partition coefficient (Wildman–Crippen LogP) is 7.65. The first-order chi connectivity index (χ1) is 11.8. The van der Waals surface area contributed by atoms with Gasteiger partial charge < -0.3 is 0 Å². The molecule has 0 aliphatic heterocycles. The molecule has 3 rings (SSSR count). The highest BCUT2D eigenvalue weighted by molar-refractivity contribution is 5.84. The summed E-state index contributed by atoms with van der Waals surface area (Å²) in [6.45, 7) is 4.58. The molecule has 0 N–H and O–H groups in total. The molecule has 0 saturated heterocycles.